The van der Waals surface area contributed by atoms with Crippen molar-refractivity contribution in [2.75, 3.05) is 26.2 Å². The fourth-order valence-electron chi connectivity index (χ4n) is 1.93. The first-order valence-electron chi connectivity index (χ1n) is 3.86. The minimum absolute atomic E-state index is 0. The summed E-state index contributed by atoms with van der Waals surface area (Å²) < 4.78 is 0. The molecule has 0 aliphatic carbocycles. The van der Waals surface area contributed by atoms with Crippen LogP contribution in [0.2, 0.25) is 0 Å². The first kappa shape index (κ1) is 8.54. The minimum atomic E-state index is 0. The van der Waals surface area contributed by atoms with Gasteiger partial charge in [0.25, 0.3) is 0 Å². The third kappa shape index (κ3) is 1.73. The van der Waals surface area contributed by atoms with Crippen LogP contribution in [0.5, 0.6) is 0 Å². The summed E-state index contributed by atoms with van der Waals surface area (Å²) >= 11 is 0. The van der Waals surface area contributed by atoms with Gasteiger partial charge in [0.15, 0.2) is 0 Å². The monoisotopic (exact) mass is 182 g/mol. The molecule has 3 heteroatoms. The largest absolute Gasteiger partial charge is 0.316 e. The molecule has 0 radical (unpaired) electrons. The van der Waals surface area contributed by atoms with Gasteiger partial charge in [-0.1, -0.05) is 0 Å². The maximum atomic E-state index is 3.45. The Morgan fingerprint density at radius 2 is 1.20 bits per heavy atom. The molecule has 2 N–H and O–H groups in total. The van der Waals surface area contributed by atoms with Crippen LogP contribution in [0.15, 0.2) is 0 Å². The molecule has 2 bridgehead atoms. The molecular weight excluding hydrogens is 168 g/mol. The van der Waals surface area contributed by atoms with Crippen LogP contribution in [0.3, 0.4) is 0 Å². The molecule has 2 saturated heterocycles. The van der Waals surface area contributed by atoms with E-state index in [1.807, 2.05) is 0 Å². The van der Waals surface area contributed by atoms with Crippen LogP contribution in [0, 0.1) is 11.8 Å². The summed E-state index contributed by atoms with van der Waals surface area (Å²) in [5.41, 5.74) is 0. The van der Waals surface area contributed by atoms with Gasteiger partial charge in [0.2, 0.25) is 0 Å². The van der Waals surface area contributed by atoms with Crippen molar-refractivity contribution < 1.29 is 17.1 Å². The molecule has 0 amide bonds. The van der Waals surface area contributed by atoms with Crippen LogP contribution in [0.4, 0.5) is 0 Å². The van der Waals surface area contributed by atoms with Crippen molar-refractivity contribution in [3.8, 4) is 0 Å². The average Bonchev–Trinajstić information content (AvgIpc) is 1.88. The molecule has 2 aliphatic rings. The Hall–Kier alpha value is 0.439. The summed E-state index contributed by atoms with van der Waals surface area (Å²) in [5, 5.41) is 6.89. The van der Waals surface area contributed by atoms with Gasteiger partial charge in [0.1, 0.15) is 0 Å². The van der Waals surface area contributed by atoms with Gasteiger partial charge >= 0.3 is 0 Å². The molecule has 60 valence electrons. The van der Waals surface area contributed by atoms with E-state index in [1.54, 1.807) is 0 Å². The van der Waals surface area contributed by atoms with Crippen molar-refractivity contribution in [1.29, 1.82) is 0 Å². The number of nitrogens with one attached hydrogen (secondary N) is 2. The van der Waals surface area contributed by atoms with E-state index < -0.39 is 0 Å². The SMILES string of the molecule is C1NCC2CNCC1C2.[Fe]. The second-order valence-corrected chi connectivity index (χ2v) is 3.28. The Labute approximate surface area is 72.6 Å². The van der Waals surface area contributed by atoms with Crippen molar-refractivity contribution in [3.05, 3.63) is 0 Å². The van der Waals surface area contributed by atoms with Gasteiger partial charge in [-0.25, -0.2) is 0 Å². The zero-order chi connectivity index (χ0) is 6.10. The molecule has 10 heavy (non-hydrogen) atoms. The summed E-state index contributed by atoms with van der Waals surface area (Å²) in [6.45, 7) is 4.96. The van der Waals surface area contributed by atoms with E-state index in [4.69, 9.17) is 0 Å². The molecule has 0 aromatic carbocycles. The molecule has 2 fully saturated rings. The molecule has 2 aliphatic heterocycles. The predicted octanol–water partition coefficient (Wildman–Crippen LogP) is -0.187. The van der Waals surface area contributed by atoms with Gasteiger partial charge in [-0.2, -0.15) is 0 Å². The van der Waals surface area contributed by atoms with Gasteiger partial charge in [-0.05, 0) is 44.4 Å². The second-order valence-electron chi connectivity index (χ2n) is 3.28. The van der Waals surface area contributed by atoms with Crippen molar-refractivity contribution >= 4 is 0 Å². The Morgan fingerprint density at radius 1 is 0.800 bits per heavy atom. The van der Waals surface area contributed by atoms with Gasteiger partial charge in [-0.15, -0.1) is 0 Å². The number of fused-ring (bicyclic) bond motifs is 2. The molecule has 0 unspecified atom stereocenters. The first-order chi connectivity index (χ1) is 4.45. The number of hydrogen-bond acceptors (Lipinski definition) is 2. The molecule has 0 spiro atoms. The maximum Gasteiger partial charge on any atom is 0 e. The van der Waals surface area contributed by atoms with E-state index in [-0.39, 0.29) is 17.1 Å². The van der Waals surface area contributed by atoms with E-state index in [0.717, 1.165) is 11.8 Å². The van der Waals surface area contributed by atoms with Crippen molar-refractivity contribution in [2.24, 2.45) is 11.8 Å². The zero-order valence-electron chi connectivity index (χ0n) is 6.04. The predicted molar refractivity (Wildman–Crippen MR) is 37.3 cm³/mol. The first-order valence-corrected chi connectivity index (χ1v) is 3.86. The average molecular weight is 182 g/mol. The van der Waals surface area contributed by atoms with E-state index in [2.05, 4.69) is 10.6 Å². The Kier molecular flexibility index (Phi) is 3.18. The Balaban J connectivity index is 0.000000500. The summed E-state index contributed by atoms with van der Waals surface area (Å²) in [7, 11) is 0. The molecule has 2 rings (SSSR count). The summed E-state index contributed by atoms with van der Waals surface area (Å²) in [6, 6.07) is 0. The molecule has 0 saturated carbocycles. The fraction of sp³-hybridized carbons (Fsp3) is 1.00. The van der Waals surface area contributed by atoms with Crippen LogP contribution in [-0.2, 0) is 17.1 Å². The van der Waals surface area contributed by atoms with Gasteiger partial charge in [0, 0.05) is 17.1 Å². The molecular formula is C7H14FeN2. The molecule has 0 atom stereocenters. The van der Waals surface area contributed by atoms with Crippen molar-refractivity contribution in [2.45, 2.75) is 6.42 Å². The van der Waals surface area contributed by atoms with E-state index >= 15 is 0 Å². The third-order valence-corrected chi connectivity index (χ3v) is 2.40. The number of rotatable bonds is 0. The van der Waals surface area contributed by atoms with E-state index in [0.29, 0.717) is 0 Å². The second kappa shape index (κ2) is 3.72. The van der Waals surface area contributed by atoms with Crippen LogP contribution in [0.1, 0.15) is 6.42 Å². The van der Waals surface area contributed by atoms with Gasteiger partial charge < -0.3 is 10.6 Å². The number of piperidine rings is 2. The quantitative estimate of drug-likeness (QED) is 0.507. The van der Waals surface area contributed by atoms with Gasteiger partial charge in [0.05, 0.1) is 0 Å². The van der Waals surface area contributed by atoms with Crippen LogP contribution >= 0.6 is 0 Å². The molecule has 2 heterocycles. The standard InChI is InChI=1S/C7H14N2.Fe/c1-6-2-8-4-7(1)5-9-3-6;/h6-9H,1-5H2;. The van der Waals surface area contributed by atoms with Crippen molar-refractivity contribution in [1.82, 2.24) is 10.6 Å². The Bertz CT molecular complexity index is 87.8. The van der Waals surface area contributed by atoms with Crippen LogP contribution in [-0.4, -0.2) is 26.2 Å². The van der Waals surface area contributed by atoms with Crippen LogP contribution < -0.4 is 10.6 Å². The topological polar surface area (TPSA) is 24.1 Å². The normalized spacial score (nSPS) is 38.4. The molecule has 0 aromatic heterocycles. The smallest absolute Gasteiger partial charge is 0 e. The van der Waals surface area contributed by atoms with Crippen molar-refractivity contribution in [3.63, 3.8) is 0 Å². The van der Waals surface area contributed by atoms with E-state index in [9.17, 15) is 0 Å². The summed E-state index contributed by atoms with van der Waals surface area (Å²) in [5.74, 6) is 1.86. The van der Waals surface area contributed by atoms with Gasteiger partial charge in [-0.3, -0.25) is 0 Å². The summed E-state index contributed by atoms with van der Waals surface area (Å²) in [6.07, 6.45) is 1.46. The maximum absolute atomic E-state index is 3.45. The van der Waals surface area contributed by atoms with Crippen LogP contribution in [0.25, 0.3) is 0 Å². The summed E-state index contributed by atoms with van der Waals surface area (Å²) in [4.78, 5) is 0. The molecule has 0 aromatic rings. The minimum Gasteiger partial charge on any atom is -0.316 e. The van der Waals surface area contributed by atoms with E-state index in [1.165, 1.54) is 32.6 Å². The Morgan fingerprint density at radius 3 is 1.50 bits per heavy atom. The number of hydrogen-bond donors (Lipinski definition) is 2. The zero-order valence-corrected chi connectivity index (χ0v) is 7.15. The molecule has 2 nitrogen and oxygen atoms in total. The fourth-order valence-corrected chi connectivity index (χ4v) is 1.93. The third-order valence-electron chi connectivity index (χ3n) is 2.40.